The van der Waals surface area contributed by atoms with E-state index in [1.54, 1.807) is 34.0 Å². The van der Waals surface area contributed by atoms with Crippen LogP contribution in [0.4, 0.5) is 4.79 Å². The Morgan fingerprint density at radius 1 is 1.27 bits per heavy atom. The van der Waals surface area contributed by atoms with Gasteiger partial charge in [0.1, 0.15) is 23.1 Å². The van der Waals surface area contributed by atoms with E-state index < -0.39 is 35.5 Å². The Hall–Kier alpha value is -2.35. The lowest BCUT2D eigenvalue weighted by molar-refractivity contribution is -0.0778. The summed E-state index contributed by atoms with van der Waals surface area (Å²) in [4.78, 5) is 14.5. The topological polar surface area (TPSA) is 88.5 Å². The van der Waals surface area contributed by atoms with Crippen LogP contribution in [-0.4, -0.2) is 64.3 Å². The number of rotatable bonds is 11. The summed E-state index contributed by atoms with van der Waals surface area (Å²) < 4.78 is 16.5. The highest BCUT2D eigenvalue weighted by molar-refractivity contribution is 5.70. The van der Waals surface area contributed by atoms with E-state index in [2.05, 4.69) is 13.2 Å². The Morgan fingerprint density at radius 2 is 1.94 bits per heavy atom. The highest BCUT2D eigenvalue weighted by atomic mass is 16.6. The zero-order valence-corrected chi connectivity index (χ0v) is 20.3. The van der Waals surface area contributed by atoms with E-state index in [9.17, 15) is 15.0 Å². The number of unbranched alkanes of at least 4 members (excludes halogenated alkanes) is 1. The fourth-order valence-corrected chi connectivity index (χ4v) is 4.18. The van der Waals surface area contributed by atoms with Gasteiger partial charge in [-0.05, 0) is 57.7 Å². The van der Waals surface area contributed by atoms with Crippen molar-refractivity contribution in [1.29, 1.82) is 0 Å². The van der Waals surface area contributed by atoms with Gasteiger partial charge in [-0.1, -0.05) is 24.3 Å². The van der Waals surface area contributed by atoms with E-state index in [0.717, 1.165) is 17.7 Å². The molecule has 1 aliphatic rings. The van der Waals surface area contributed by atoms with Crippen LogP contribution in [0.15, 0.2) is 49.6 Å². The van der Waals surface area contributed by atoms with Gasteiger partial charge < -0.3 is 24.4 Å². The van der Waals surface area contributed by atoms with Crippen LogP contribution >= 0.6 is 0 Å². The number of benzene rings is 1. The molecule has 33 heavy (non-hydrogen) atoms. The van der Waals surface area contributed by atoms with Crippen LogP contribution in [0.1, 0.15) is 52.0 Å². The van der Waals surface area contributed by atoms with Gasteiger partial charge >= 0.3 is 6.09 Å². The van der Waals surface area contributed by atoms with Crippen LogP contribution in [-0.2, 0) is 16.1 Å². The maximum atomic E-state index is 13.0. The number of carbonyl (C=O) groups excluding carboxylic acids is 1. The molecule has 4 atom stereocenters. The largest absolute Gasteiger partial charge is 0.497 e. The molecule has 1 aromatic rings. The van der Waals surface area contributed by atoms with Gasteiger partial charge in [0, 0.05) is 13.0 Å². The molecule has 2 rings (SSSR count). The first-order chi connectivity index (χ1) is 15.6. The van der Waals surface area contributed by atoms with Crippen LogP contribution < -0.4 is 4.74 Å². The summed E-state index contributed by atoms with van der Waals surface area (Å²) in [6.07, 6.45) is 3.31. The SMILES string of the molecule is C=CC(O)[C@@]1(O)C[C@@H](C=C)N(C(=O)OC(C)(C)C)[C@H]1CCCCOCc1ccc(OC)cc1. The molecule has 1 saturated heterocycles. The predicted octanol–water partition coefficient (Wildman–Crippen LogP) is 4.22. The van der Waals surface area contributed by atoms with Crippen molar-refractivity contribution in [2.24, 2.45) is 0 Å². The first-order valence-electron chi connectivity index (χ1n) is 11.4. The fraction of sp³-hybridized carbons (Fsp3) is 0.577. The Bertz CT molecular complexity index is 787. The number of amides is 1. The molecule has 7 heteroatoms. The van der Waals surface area contributed by atoms with Crippen molar-refractivity contribution in [2.45, 2.75) is 82.5 Å². The van der Waals surface area contributed by atoms with Crippen LogP contribution in [0.5, 0.6) is 5.75 Å². The summed E-state index contributed by atoms with van der Waals surface area (Å²) in [6, 6.07) is 6.63. The van der Waals surface area contributed by atoms with Crippen molar-refractivity contribution >= 4 is 6.09 Å². The molecule has 1 aliphatic heterocycles. The fourth-order valence-electron chi connectivity index (χ4n) is 4.18. The molecule has 0 bridgehead atoms. The van der Waals surface area contributed by atoms with E-state index in [4.69, 9.17) is 14.2 Å². The van der Waals surface area contributed by atoms with E-state index >= 15 is 0 Å². The van der Waals surface area contributed by atoms with E-state index in [1.807, 2.05) is 24.3 Å². The summed E-state index contributed by atoms with van der Waals surface area (Å²) in [7, 11) is 1.63. The molecule has 0 radical (unpaired) electrons. The molecule has 0 saturated carbocycles. The molecule has 1 amide bonds. The molecule has 2 N–H and O–H groups in total. The first kappa shape index (κ1) is 26.9. The quantitative estimate of drug-likeness (QED) is 0.379. The average Bonchev–Trinajstić information content (AvgIpc) is 3.07. The number of hydrogen-bond donors (Lipinski definition) is 2. The van der Waals surface area contributed by atoms with Gasteiger partial charge in [-0.25, -0.2) is 4.79 Å². The summed E-state index contributed by atoms with van der Waals surface area (Å²) in [5.41, 5.74) is -1.15. The molecule has 0 spiro atoms. The smallest absolute Gasteiger partial charge is 0.411 e. The number of aliphatic hydroxyl groups excluding tert-OH is 1. The van der Waals surface area contributed by atoms with Crippen LogP contribution in [0.3, 0.4) is 0 Å². The van der Waals surface area contributed by atoms with E-state index in [0.29, 0.717) is 26.1 Å². The van der Waals surface area contributed by atoms with Crippen LogP contribution in [0.25, 0.3) is 0 Å². The second-order valence-electron chi connectivity index (χ2n) is 9.48. The molecule has 0 aliphatic carbocycles. The minimum Gasteiger partial charge on any atom is -0.497 e. The van der Waals surface area contributed by atoms with Gasteiger partial charge in [-0.3, -0.25) is 4.90 Å². The average molecular weight is 462 g/mol. The standard InChI is InChI=1S/C26H39NO6/c1-7-20-17-26(30,23(28)8-2)22(27(20)24(29)33-25(3,4)5)11-9-10-16-32-18-19-12-14-21(31-6)15-13-19/h7-8,12-15,20,22-23,28,30H,1-2,9-11,16-18H2,3-6H3/t20-,22+,23?,26-/m1/s1. The van der Waals surface area contributed by atoms with Gasteiger partial charge in [-0.2, -0.15) is 0 Å². The number of ether oxygens (including phenoxy) is 3. The lowest BCUT2D eigenvalue weighted by Crippen LogP contribution is -2.54. The third-order valence-electron chi connectivity index (χ3n) is 5.86. The Labute approximate surface area is 197 Å². The minimum absolute atomic E-state index is 0.168. The third-order valence-corrected chi connectivity index (χ3v) is 5.86. The van der Waals surface area contributed by atoms with Crippen molar-refractivity contribution in [1.82, 2.24) is 4.90 Å². The Kier molecular flexibility index (Phi) is 9.52. The van der Waals surface area contributed by atoms with E-state index in [-0.39, 0.29) is 6.42 Å². The summed E-state index contributed by atoms with van der Waals surface area (Å²) in [6.45, 7) is 13.9. The lowest BCUT2D eigenvalue weighted by Gasteiger charge is -2.37. The highest BCUT2D eigenvalue weighted by Crippen LogP contribution is 2.40. The second-order valence-corrected chi connectivity index (χ2v) is 9.48. The third kappa shape index (κ3) is 7.06. The summed E-state index contributed by atoms with van der Waals surface area (Å²) in [5.74, 6) is 0.803. The zero-order chi connectivity index (χ0) is 24.6. The lowest BCUT2D eigenvalue weighted by atomic mass is 9.84. The molecule has 184 valence electrons. The van der Waals surface area contributed by atoms with Crippen LogP contribution in [0, 0.1) is 0 Å². The minimum atomic E-state index is -1.53. The van der Waals surface area contributed by atoms with Crippen molar-refractivity contribution < 1.29 is 29.2 Å². The Balaban J connectivity index is 1.99. The molecule has 1 heterocycles. The molecule has 1 aromatic carbocycles. The van der Waals surface area contributed by atoms with Crippen molar-refractivity contribution in [3.8, 4) is 5.75 Å². The van der Waals surface area contributed by atoms with Gasteiger partial charge in [0.25, 0.3) is 0 Å². The zero-order valence-electron chi connectivity index (χ0n) is 20.3. The van der Waals surface area contributed by atoms with Crippen molar-refractivity contribution in [2.75, 3.05) is 13.7 Å². The molecular formula is C26H39NO6. The number of likely N-dealkylation sites (tertiary alicyclic amines) is 1. The number of carbonyl (C=O) groups is 1. The molecule has 1 unspecified atom stereocenters. The van der Waals surface area contributed by atoms with E-state index in [1.165, 1.54) is 11.0 Å². The highest BCUT2D eigenvalue weighted by Gasteiger charge is 2.55. The first-order valence-corrected chi connectivity index (χ1v) is 11.4. The molecule has 0 aromatic heterocycles. The molecular weight excluding hydrogens is 422 g/mol. The van der Waals surface area contributed by atoms with Gasteiger partial charge in [0.15, 0.2) is 0 Å². The van der Waals surface area contributed by atoms with Crippen molar-refractivity contribution in [3.63, 3.8) is 0 Å². The number of nitrogens with zero attached hydrogens (tertiary/aromatic N) is 1. The van der Waals surface area contributed by atoms with Gasteiger partial charge in [0.2, 0.25) is 0 Å². The van der Waals surface area contributed by atoms with Gasteiger partial charge in [0.05, 0.1) is 25.8 Å². The predicted molar refractivity (Wildman–Crippen MR) is 128 cm³/mol. The monoisotopic (exact) mass is 461 g/mol. The maximum Gasteiger partial charge on any atom is 0.411 e. The Morgan fingerprint density at radius 3 is 2.48 bits per heavy atom. The van der Waals surface area contributed by atoms with Gasteiger partial charge in [-0.15, -0.1) is 13.2 Å². The maximum absolute atomic E-state index is 13.0. The molecule has 1 fully saturated rings. The number of aliphatic hydroxyl groups is 2. The van der Waals surface area contributed by atoms with Crippen LogP contribution in [0.2, 0.25) is 0 Å². The second kappa shape index (κ2) is 11.7. The number of methoxy groups -OCH3 is 1. The van der Waals surface area contributed by atoms with Crippen molar-refractivity contribution in [3.05, 3.63) is 55.1 Å². The molecule has 7 nitrogen and oxygen atoms in total. The normalized spacial score (nSPS) is 23.8. The summed E-state index contributed by atoms with van der Waals surface area (Å²) in [5, 5.41) is 21.9. The summed E-state index contributed by atoms with van der Waals surface area (Å²) >= 11 is 0. The number of hydrogen-bond acceptors (Lipinski definition) is 6.